The molecule has 0 bridgehead atoms. The monoisotopic (exact) mass is 286 g/mol. The van der Waals surface area contributed by atoms with Crippen LogP contribution in [0.2, 0.25) is 0 Å². The molecule has 20 heavy (non-hydrogen) atoms. The third kappa shape index (κ3) is 5.77. The first-order valence-corrected chi connectivity index (χ1v) is 7.20. The zero-order valence-electron chi connectivity index (χ0n) is 12.6. The SMILES string of the molecule is CC(C)(C)OC(=O)N1CCC(C(=O)NCCCO)CC1. The Morgan fingerprint density at radius 3 is 2.40 bits per heavy atom. The third-order valence-electron chi connectivity index (χ3n) is 3.15. The summed E-state index contributed by atoms with van der Waals surface area (Å²) in [6, 6.07) is 0. The first-order valence-electron chi connectivity index (χ1n) is 7.20. The number of hydrogen-bond acceptors (Lipinski definition) is 4. The number of carbonyl (C=O) groups excluding carboxylic acids is 2. The minimum absolute atomic E-state index is 0.0160. The summed E-state index contributed by atoms with van der Waals surface area (Å²) < 4.78 is 5.31. The minimum Gasteiger partial charge on any atom is -0.444 e. The minimum atomic E-state index is -0.490. The maximum Gasteiger partial charge on any atom is 0.410 e. The molecule has 0 radical (unpaired) electrons. The van der Waals surface area contributed by atoms with Crippen LogP contribution in [0.25, 0.3) is 0 Å². The lowest BCUT2D eigenvalue weighted by Gasteiger charge is -2.32. The molecule has 0 spiro atoms. The Bertz CT molecular complexity index is 331. The lowest BCUT2D eigenvalue weighted by atomic mass is 9.96. The van der Waals surface area contributed by atoms with Crippen LogP contribution in [0.4, 0.5) is 4.79 Å². The zero-order valence-corrected chi connectivity index (χ0v) is 12.6. The Morgan fingerprint density at radius 1 is 1.30 bits per heavy atom. The number of hydrogen-bond donors (Lipinski definition) is 2. The quantitative estimate of drug-likeness (QED) is 0.759. The number of likely N-dealkylation sites (tertiary alicyclic amines) is 1. The molecule has 116 valence electrons. The summed E-state index contributed by atoms with van der Waals surface area (Å²) in [4.78, 5) is 25.4. The lowest BCUT2D eigenvalue weighted by Crippen LogP contribution is -2.45. The van der Waals surface area contributed by atoms with Gasteiger partial charge in [0, 0.05) is 32.2 Å². The van der Waals surface area contributed by atoms with Gasteiger partial charge in [0.05, 0.1) is 0 Å². The molecule has 2 amide bonds. The predicted molar refractivity (Wildman–Crippen MR) is 75.2 cm³/mol. The molecule has 0 saturated carbocycles. The highest BCUT2D eigenvalue weighted by Gasteiger charge is 2.29. The van der Waals surface area contributed by atoms with E-state index >= 15 is 0 Å². The molecule has 1 rings (SSSR count). The molecular weight excluding hydrogens is 260 g/mol. The van der Waals surface area contributed by atoms with Gasteiger partial charge in [-0.2, -0.15) is 0 Å². The molecule has 1 aliphatic heterocycles. The van der Waals surface area contributed by atoms with Gasteiger partial charge in [-0.3, -0.25) is 4.79 Å². The first kappa shape index (κ1) is 16.8. The Labute approximate surface area is 120 Å². The number of ether oxygens (including phenoxy) is 1. The normalized spacial score (nSPS) is 16.9. The van der Waals surface area contributed by atoms with Crippen molar-refractivity contribution in [2.24, 2.45) is 5.92 Å². The fourth-order valence-corrected chi connectivity index (χ4v) is 2.09. The molecule has 0 aromatic heterocycles. The van der Waals surface area contributed by atoms with Gasteiger partial charge in [-0.1, -0.05) is 0 Å². The summed E-state index contributed by atoms with van der Waals surface area (Å²) in [5.74, 6) is -0.0327. The van der Waals surface area contributed by atoms with Gasteiger partial charge < -0.3 is 20.1 Å². The number of amides is 2. The molecule has 0 aliphatic carbocycles. The summed E-state index contributed by atoms with van der Waals surface area (Å²) in [6.45, 7) is 7.20. The van der Waals surface area contributed by atoms with Crippen LogP contribution in [0.5, 0.6) is 0 Å². The molecule has 0 aromatic carbocycles. The highest BCUT2D eigenvalue weighted by atomic mass is 16.6. The Morgan fingerprint density at radius 2 is 1.90 bits per heavy atom. The predicted octanol–water partition coefficient (Wildman–Crippen LogP) is 1.13. The third-order valence-corrected chi connectivity index (χ3v) is 3.15. The van der Waals surface area contributed by atoms with Gasteiger partial charge in [-0.25, -0.2) is 4.79 Å². The molecular formula is C14H26N2O4. The second-order valence-corrected chi connectivity index (χ2v) is 6.11. The molecule has 1 heterocycles. The standard InChI is InChI=1S/C14H26N2O4/c1-14(2,3)20-13(19)16-8-5-11(6-9-16)12(18)15-7-4-10-17/h11,17H,4-10H2,1-3H3,(H,15,18). The van der Waals surface area contributed by atoms with Gasteiger partial charge in [0.2, 0.25) is 5.91 Å². The highest BCUT2D eigenvalue weighted by Crippen LogP contribution is 2.19. The fraction of sp³-hybridized carbons (Fsp3) is 0.857. The largest absolute Gasteiger partial charge is 0.444 e. The van der Waals surface area contributed by atoms with E-state index in [-0.39, 0.29) is 24.5 Å². The molecule has 6 heteroatoms. The summed E-state index contributed by atoms with van der Waals surface area (Å²) >= 11 is 0. The first-order chi connectivity index (χ1) is 9.33. The Balaban J connectivity index is 2.32. The van der Waals surface area contributed by atoms with E-state index in [0.29, 0.717) is 38.9 Å². The van der Waals surface area contributed by atoms with E-state index in [2.05, 4.69) is 5.32 Å². The van der Waals surface area contributed by atoms with Crippen molar-refractivity contribution in [1.82, 2.24) is 10.2 Å². The summed E-state index contributed by atoms with van der Waals surface area (Å²) in [7, 11) is 0. The molecule has 1 saturated heterocycles. The van der Waals surface area contributed by atoms with E-state index in [1.54, 1.807) is 4.90 Å². The highest BCUT2D eigenvalue weighted by molar-refractivity contribution is 5.79. The van der Waals surface area contributed by atoms with Crippen molar-refractivity contribution < 1.29 is 19.4 Å². The lowest BCUT2D eigenvalue weighted by molar-refractivity contribution is -0.126. The van der Waals surface area contributed by atoms with E-state index in [1.165, 1.54) is 0 Å². The van der Waals surface area contributed by atoms with Crippen molar-refractivity contribution in [3.8, 4) is 0 Å². The van der Waals surface area contributed by atoms with E-state index in [0.717, 1.165) is 0 Å². The summed E-state index contributed by atoms with van der Waals surface area (Å²) in [5.41, 5.74) is -0.490. The van der Waals surface area contributed by atoms with Gasteiger partial charge in [0.15, 0.2) is 0 Å². The fourth-order valence-electron chi connectivity index (χ4n) is 2.09. The van der Waals surface area contributed by atoms with E-state index < -0.39 is 5.60 Å². The van der Waals surface area contributed by atoms with Gasteiger partial charge in [0.25, 0.3) is 0 Å². The molecule has 1 aliphatic rings. The maximum atomic E-state index is 11.9. The number of nitrogens with one attached hydrogen (secondary N) is 1. The summed E-state index contributed by atoms with van der Waals surface area (Å²) in [5, 5.41) is 11.5. The Hall–Kier alpha value is -1.30. The molecule has 0 aromatic rings. The average molecular weight is 286 g/mol. The average Bonchev–Trinajstić information content (AvgIpc) is 2.37. The zero-order chi connectivity index (χ0) is 15.2. The van der Waals surface area contributed by atoms with Crippen LogP contribution in [-0.4, -0.2) is 53.8 Å². The van der Waals surface area contributed by atoms with Crippen molar-refractivity contribution in [3.63, 3.8) is 0 Å². The second kappa shape index (κ2) is 7.47. The van der Waals surface area contributed by atoms with Crippen molar-refractivity contribution >= 4 is 12.0 Å². The van der Waals surface area contributed by atoms with Crippen LogP contribution in [0.1, 0.15) is 40.0 Å². The van der Waals surface area contributed by atoms with Gasteiger partial charge in [-0.15, -0.1) is 0 Å². The van der Waals surface area contributed by atoms with E-state index in [4.69, 9.17) is 9.84 Å². The van der Waals surface area contributed by atoms with Crippen molar-refractivity contribution in [3.05, 3.63) is 0 Å². The van der Waals surface area contributed by atoms with E-state index in [9.17, 15) is 9.59 Å². The molecule has 6 nitrogen and oxygen atoms in total. The van der Waals surface area contributed by atoms with Crippen LogP contribution >= 0.6 is 0 Å². The number of nitrogens with zero attached hydrogens (tertiary/aromatic N) is 1. The number of aliphatic hydroxyl groups excluding tert-OH is 1. The maximum absolute atomic E-state index is 11.9. The number of carbonyl (C=O) groups is 2. The van der Waals surface area contributed by atoms with Crippen molar-refractivity contribution in [2.45, 2.75) is 45.6 Å². The van der Waals surface area contributed by atoms with Crippen LogP contribution in [-0.2, 0) is 9.53 Å². The van der Waals surface area contributed by atoms with Crippen LogP contribution in [0, 0.1) is 5.92 Å². The van der Waals surface area contributed by atoms with Crippen LogP contribution in [0.15, 0.2) is 0 Å². The van der Waals surface area contributed by atoms with Gasteiger partial charge in [0.1, 0.15) is 5.60 Å². The topological polar surface area (TPSA) is 78.9 Å². The number of piperidine rings is 1. The van der Waals surface area contributed by atoms with Crippen molar-refractivity contribution in [1.29, 1.82) is 0 Å². The van der Waals surface area contributed by atoms with Gasteiger partial charge >= 0.3 is 6.09 Å². The van der Waals surface area contributed by atoms with Crippen LogP contribution in [0.3, 0.4) is 0 Å². The molecule has 0 unspecified atom stereocenters. The smallest absolute Gasteiger partial charge is 0.410 e. The molecule has 1 fully saturated rings. The van der Waals surface area contributed by atoms with Gasteiger partial charge in [-0.05, 0) is 40.0 Å². The second-order valence-electron chi connectivity index (χ2n) is 6.11. The Kier molecular flexibility index (Phi) is 6.26. The molecule has 2 N–H and O–H groups in total. The summed E-state index contributed by atoms with van der Waals surface area (Å²) in [6.07, 6.45) is 1.58. The molecule has 0 atom stereocenters. The van der Waals surface area contributed by atoms with E-state index in [1.807, 2.05) is 20.8 Å². The number of aliphatic hydroxyl groups is 1. The van der Waals surface area contributed by atoms with Crippen LogP contribution < -0.4 is 5.32 Å². The number of rotatable bonds is 4. The van der Waals surface area contributed by atoms with Crippen molar-refractivity contribution in [2.75, 3.05) is 26.2 Å².